The molecular weight excluding hydrogens is 425 g/mol. The third-order valence-corrected chi connectivity index (χ3v) is 5.90. The van der Waals surface area contributed by atoms with E-state index in [-0.39, 0.29) is 4.90 Å². The van der Waals surface area contributed by atoms with Gasteiger partial charge in [0.2, 0.25) is 0 Å². The van der Waals surface area contributed by atoms with Gasteiger partial charge in [0.05, 0.1) is 15.4 Å². The Morgan fingerprint density at radius 2 is 1.55 bits per heavy atom. The third-order valence-electron chi connectivity index (χ3n) is 4.24. The average Bonchev–Trinajstić information content (AvgIpc) is 2.57. The molecule has 0 radical (unpaired) electrons. The number of carbonyl (C=O) groups is 2. The smallest absolute Gasteiger partial charge is 0.442 e. The highest BCUT2D eigenvalue weighted by atomic mass is 32.2. The van der Waals surface area contributed by atoms with Gasteiger partial charge in [0, 0.05) is 32.4 Å². The highest BCUT2D eigenvalue weighted by Crippen LogP contribution is 2.30. The van der Waals surface area contributed by atoms with E-state index < -0.39 is 38.9 Å². The van der Waals surface area contributed by atoms with Crippen molar-refractivity contribution in [2.75, 3.05) is 37.3 Å². The third kappa shape index (κ3) is 7.09. The number of hydrogen-bond acceptors (Lipinski definition) is 6. The second kappa shape index (κ2) is 9.02. The van der Waals surface area contributed by atoms with Gasteiger partial charge in [-0.05, 0) is 53.7 Å². The number of piperazine rings is 1. The average molecular weight is 458 g/mol. The van der Waals surface area contributed by atoms with Gasteiger partial charge in [0.15, 0.2) is 0 Å². The molecule has 2 amide bonds. The molecule has 1 aromatic carbocycles. The molecule has 0 bridgehead atoms. The molecule has 8 nitrogen and oxygen atoms in total. The van der Waals surface area contributed by atoms with Crippen LogP contribution in [-0.4, -0.2) is 64.9 Å². The molecular formula is C21H32FN3O5S. The second-order valence-corrected chi connectivity index (χ2v) is 11.6. The molecule has 1 fully saturated rings. The van der Waals surface area contributed by atoms with Crippen molar-refractivity contribution >= 4 is 27.6 Å². The van der Waals surface area contributed by atoms with Gasteiger partial charge < -0.3 is 19.3 Å². The number of rotatable bonds is 2. The monoisotopic (exact) mass is 457 g/mol. The number of amides is 2. The Kier molecular flexibility index (Phi) is 7.24. The fourth-order valence-electron chi connectivity index (χ4n) is 3.05. The zero-order chi connectivity index (χ0) is 23.6. The van der Waals surface area contributed by atoms with Crippen LogP contribution in [0.15, 0.2) is 27.5 Å². The molecule has 2 rings (SSSR count). The molecule has 1 heterocycles. The summed E-state index contributed by atoms with van der Waals surface area (Å²) in [6.07, 6.45) is -0.203. The van der Waals surface area contributed by atoms with Crippen LogP contribution in [0.1, 0.15) is 41.5 Å². The lowest BCUT2D eigenvalue weighted by atomic mass is 10.2. The van der Waals surface area contributed by atoms with Crippen molar-refractivity contribution in [3.05, 3.63) is 24.0 Å². The molecule has 1 atom stereocenters. The standard InChI is InChI=1S/C21H32FN3O5S/c1-20(2,3)29-18(26)23-31(7,28)17-15(22)9-8-10-16(17)24-11-13-25(14-12-24)19(27)30-21(4,5)6/h8-10H,11-14H2,1-7H3. The molecule has 0 N–H and O–H groups in total. The van der Waals surface area contributed by atoms with E-state index in [1.54, 1.807) is 52.5 Å². The van der Waals surface area contributed by atoms with E-state index in [9.17, 15) is 18.2 Å². The Bertz CT molecular complexity index is 951. The Morgan fingerprint density at radius 3 is 2.06 bits per heavy atom. The van der Waals surface area contributed by atoms with Crippen LogP contribution in [-0.2, 0) is 19.2 Å². The summed E-state index contributed by atoms with van der Waals surface area (Å²) in [5.74, 6) is -0.716. The van der Waals surface area contributed by atoms with Gasteiger partial charge in [-0.15, -0.1) is 4.36 Å². The summed E-state index contributed by atoms with van der Waals surface area (Å²) in [6.45, 7) is 11.9. The summed E-state index contributed by atoms with van der Waals surface area (Å²) in [4.78, 5) is 27.7. The maximum Gasteiger partial charge on any atom is 0.442 e. The summed E-state index contributed by atoms with van der Waals surface area (Å²) in [5, 5.41) is 0. The highest BCUT2D eigenvalue weighted by Gasteiger charge is 2.29. The van der Waals surface area contributed by atoms with Gasteiger partial charge in [-0.25, -0.2) is 18.2 Å². The number of benzene rings is 1. The summed E-state index contributed by atoms with van der Waals surface area (Å²) in [5.41, 5.74) is -1.03. The molecule has 1 aromatic rings. The lowest BCUT2D eigenvalue weighted by Crippen LogP contribution is -2.50. The first kappa shape index (κ1) is 24.9. The zero-order valence-electron chi connectivity index (χ0n) is 19.2. The SMILES string of the molecule is CC(C)(C)OC(=O)N=S(C)(=O)c1c(F)cccc1N1CCN(C(=O)OC(C)(C)C)CC1. The summed E-state index contributed by atoms with van der Waals surface area (Å²) >= 11 is 0. The summed E-state index contributed by atoms with van der Waals surface area (Å²) in [7, 11) is -3.42. The predicted octanol–water partition coefficient (Wildman–Crippen LogP) is 4.27. The molecule has 1 saturated heterocycles. The van der Waals surface area contributed by atoms with E-state index in [2.05, 4.69) is 4.36 Å². The van der Waals surface area contributed by atoms with Crippen LogP contribution < -0.4 is 4.90 Å². The number of carbonyl (C=O) groups excluding carboxylic acids is 2. The largest absolute Gasteiger partial charge is 0.444 e. The van der Waals surface area contributed by atoms with Crippen molar-refractivity contribution in [3.8, 4) is 0 Å². The lowest BCUT2D eigenvalue weighted by Gasteiger charge is -2.37. The first-order chi connectivity index (χ1) is 14.1. The van der Waals surface area contributed by atoms with E-state index in [0.29, 0.717) is 31.9 Å². The van der Waals surface area contributed by atoms with Crippen molar-refractivity contribution in [1.82, 2.24) is 4.90 Å². The van der Waals surface area contributed by atoms with Gasteiger partial charge >= 0.3 is 12.2 Å². The number of anilines is 1. The van der Waals surface area contributed by atoms with Gasteiger partial charge in [0.1, 0.15) is 21.9 Å². The molecule has 1 aliphatic rings. The van der Waals surface area contributed by atoms with Crippen LogP contribution in [0.25, 0.3) is 0 Å². The quantitative estimate of drug-likeness (QED) is 0.659. The van der Waals surface area contributed by atoms with Gasteiger partial charge in [-0.2, -0.15) is 0 Å². The Hall–Kier alpha value is -2.36. The Labute approximate surface area is 183 Å². The summed E-state index contributed by atoms with van der Waals surface area (Å²) in [6, 6.07) is 4.33. The fraction of sp³-hybridized carbons (Fsp3) is 0.619. The molecule has 174 valence electrons. The first-order valence-corrected chi connectivity index (χ1v) is 12.0. The molecule has 0 aliphatic carbocycles. The van der Waals surface area contributed by atoms with Gasteiger partial charge in [-0.1, -0.05) is 6.07 Å². The Morgan fingerprint density at radius 1 is 1.00 bits per heavy atom. The van der Waals surface area contributed by atoms with Crippen LogP contribution in [0.3, 0.4) is 0 Å². The molecule has 1 unspecified atom stereocenters. The minimum Gasteiger partial charge on any atom is -0.444 e. The van der Waals surface area contributed by atoms with Gasteiger partial charge in [0.25, 0.3) is 0 Å². The molecule has 0 aromatic heterocycles. The topological polar surface area (TPSA) is 88.5 Å². The van der Waals surface area contributed by atoms with Crippen molar-refractivity contribution in [1.29, 1.82) is 0 Å². The van der Waals surface area contributed by atoms with Crippen molar-refractivity contribution in [3.63, 3.8) is 0 Å². The molecule has 0 spiro atoms. The van der Waals surface area contributed by atoms with E-state index in [4.69, 9.17) is 9.47 Å². The maximum absolute atomic E-state index is 14.8. The first-order valence-electron chi connectivity index (χ1n) is 10.1. The highest BCUT2D eigenvalue weighted by molar-refractivity contribution is 7.93. The summed E-state index contributed by atoms with van der Waals surface area (Å²) < 4.78 is 42.3. The number of ether oxygens (including phenoxy) is 2. The van der Waals surface area contributed by atoms with Crippen LogP contribution >= 0.6 is 0 Å². The minimum absolute atomic E-state index is 0.147. The van der Waals surface area contributed by atoms with Crippen LogP contribution in [0, 0.1) is 5.82 Å². The molecule has 31 heavy (non-hydrogen) atoms. The molecule has 10 heteroatoms. The predicted molar refractivity (Wildman–Crippen MR) is 117 cm³/mol. The van der Waals surface area contributed by atoms with Crippen molar-refractivity contribution in [2.45, 2.75) is 57.6 Å². The lowest BCUT2D eigenvalue weighted by molar-refractivity contribution is 0.0240. The fourth-order valence-corrected chi connectivity index (χ4v) is 4.47. The van der Waals surface area contributed by atoms with E-state index in [1.807, 2.05) is 4.90 Å². The van der Waals surface area contributed by atoms with Crippen LogP contribution in [0.4, 0.5) is 19.7 Å². The van der Waals surface area contributed by atoms with E-state index in [1.165, 1.54) is 18.4 Å². The van der Waals surface area contributed by atoms with E-state index >= 15 is 0 Å². The van der Waals surface area contributed by atoms with Crippen LogP contribution in [0.5, 0.6) is 0 Å². The number of nitrogens with zero attached hydrogens (tertiary/aromatic N) is 3. The number of halogens is 1. The molecule has 1 aliphatic heterocycles. The van der Waals surface area contributed by atoms with Crippen molar-refractivity contribution in [2.24, 2.45) is 4.36 Å². The van der Waals surface area contributed by atoms with Gasteiger partial charge in [-0.3, -0.25) is 0 Å². The Balaban J connectivity index is 2.27. The van der Waals surface area contributed by atoms with E-state index in [0.717, 1.165) is 0 Å². The molecule has 0 saturated carbocycles. The normalized spacial score (nSPS) is 17.0. The minimum atomic E-state index is -3.42. The second-order valence-electron chi connectivity index (χ2n) is 9.42. The van der Waals surface area contributed by atoms with Crippen molar-refractivity contribution < 1.29 is 27.7 Å². The number of hydrogen-bond donors (Lipinski definition) is 0. The zero-order valence-corrected chi connectivity index (χ0v) is 20.0. The maximum atomic E-state index is 14.8. The van der Waals surface area contributed by atoms with Crippen LogP contribution in [0.2, 0.25) is 0 Å².